The molecule has 0 saturated heterocycles. The average molecular weight is 271 g/mol. The third-order valence-corrected chi connectivity index (χ3v) is 2.96. The maximum absolute atomic E-state index is 12.1. The second-order valence-electron chi connectivity index (χ2n) is 4.45. The number of nitrogens with one attached hydrogen (secondary N) is 1. The number of nitrogens with zero attached hydrogens (tertiary/aromatic N) is 2. The van der Waals surface area contributed by atoms with E-state index in [2.05, 4.69) is 15.3 Å². The van der Waals surface area contributed by atoms with E-state index in [9.17, 15) is 4.79 Å². The third kappa shape index (κ3) is 3.32. The van der Waals surface area contributed by atoms with Gasteiger partial charge in [0.25, 0.3) is 5.91 Å². The predicted molar refractivity (Wildman–Crippen MR) is 75.7 cm³/mol. The lowest BCUT2D eigenvalue weighted by molar-refractivity contribution is 0.0949. The van der Waals surface area contributed by atoms with Gasteiger partial charge in [0, 0.05) is 12.7 Å². The van der Waals surface area contributed by atoms with Gasteiger partial charge in [-0.1, -0.05) is 12.1 Å². The molecule has 2 aromatic rings. The van der Waals surface area contributed by atoms with Crippen molar-refractivity contribution in [2.75, 3.05) is 7.11 Å². The molecule has 1 heterocycles. The Kier molecular flexibility index (Phi) is 4.30. The van der Waals surface area contributed by atoms with Crippen LogP contribution in [-0.4, -0.2) is 23.0 Å². The van der Waals surface area contributed by atoms with Gasteiger partial charge in [-0.25, -0.2) is 9.97 Å². The lowest BCUT2D eigenvalue weighted by atomic mass is 10.2. The molecule has 0 bridgehead atoms. The van der Waals surface area contributed by atoms with Gasteiger partial charge in [-0.15, -0.1) is 0 Å². The normalized spacial score (nSPS) is 10.2. The van der Waals surface area contributed by atoms with Crippen LogP contribution >= 0.6 is 0 Å². The predicted octanol–water partition coefficient (Wildman–Crippen LogP) is 2.03. The molecule has 2 rings (SSSR count). The SMILES string of the molecule is COc1ccc(CNC(=O)c2cnc(C)nc2C)cc1. The molecule has 1 N–H and O–H groups in total. The fraction of sp³-hybridized carbons (Fsp3) is 0.267. The van der Waals surface area contributed by atoms with Gasteiger partial charge in [0.1, 0.15) is 11.6 Å². The number of hydrogen-bond acceptors (Lipinski definition) is 4. The number of carbonyl (C=O) groups is 1. The molecule has 0 radical (unpaired) electrons. The Morgan fingerprint density at radius 2 is 1.95 bits per heavy atom. The lowest BCUT2D eigenvalue weighted by Crippen LogP contribution is -2.24. The summed E-state index contributed by atoms with van der Waals surface area (Å²) in [4.78, 5) is 20.3. The van der Waals surface area contributed by atoms with Crippen LogP contribution in [0.25, 0.3) is 0 Å². The summed E-state index contributed by atoms with van der Waals surface area (Å²) in [5.74, 6) is 1.29. The number of benzene rings is 1. The Morgan fingerprint density at radius 1 is 1.25 bits per heavy atom. The van der Waals surface area contributed by atoms with E-state index in [-0.39, 0.29) is 5.91 Å². The molecule has 20 heavy (non-hydrogen) atoms. The van der Waals surface area contributed by atoms with Gasteiger partial charge in [0.05, 0.1) is 18.4 Å². The topological polar surface area (TPSA) is 64.1 Å². The van der Waals surface area contributed by atoms with E-state index >= 15 is 0 Å². The first kappa shape index (κ1) is 14.0. The Hall–Kier alpha value is -2.43. The van der Waals surface area contributed by atoms with Crippen molar-refractivity contribution < 1.29 is 9.53 Å². The molecule has 0 spiro atoms. The fourth-order valence-corrected chi connectivity index (χ4v) is 1.83. The number of hydrogen-bond donors (Lipinski definition) is 1. The Bertz CT molecular complexity index is 609. The number of aromatic nitrogens is 2. The minimum atomic E-state index is -0.168. The summed E-state index contributed by atoms with van der Waals surface area (Å²) < 4.78 is 5.09. The second-order valence-corrected chi connectivity index (χ2v) is 4.45. The van der Waals surface area contributed by atoms with E-state index in [1.807, 2.05) is 24.3 Å². The minimum absolute atomic E-state index is 0.168. The molecule has 0 aliphatic carbocycles. The zero-order valence-corrected chi connectivity index (χ0v) is 11.8. The van der Waals surface area contributed by atoms with Crippen molar-refractivity contribution in [1.29, 1.82) is 0 Å². The molecular weight excluding hydrogens is 254 g/mol. The standard InChI is InChI=1S/C15H17N3O2/c1-10-14(9-16-11(2)18-10)15(19)17-8-12-4-6-13(20-3)7-5-12/h4-7,9H,8H2,1-3H3,(H,17,19). The van der Waals surface area contributed by atoms with Crippen molar-refractivity contribution in [2.45, 2.75) is 20.4 Å². The summed E-state index contributed by atoms with van der Waals surface area (Å²) in [6.07, 6.45) is 1.56. The summed E-state index contributed by atoms with van der Waals surface area (Å²) in [5.41, 5.74) is 2.19. The summed E-state index contributed by atoms with van der Waals surface area (Å²) in [7, 11) is 1.62. The maximum atomic E-state index is 12.1. The van der Waals surface area contributed by atoms with Crippen LogP contribution in [0.2, 0.25) is 0 Å². The molecule has 1 aromatic heterocycles. The van der Waals surface area contributed by atoms with Crippen LogP contribution in [-0.2, 0) is 6.54 Å². The van der Waals surface area contributed by atoms with E-state index in [1.165, 1.54) is 0 Å². The zero-order valence-electron chi connectivity index (χ0n) is 11.8. The summed E-state index contributed by atoms with van der Waals surface area (Å²) in [6.45, 7) is 4.05. The third-order valence-electron chi connectivity index (χ3n) is 2.96. The Labute approximate surface area is 118 Å². The van der Waals surface area contributed by atoms with Crippen LogP contribution in [0.15, 0.2) is 30.5 Å². The Morgan fingerprint density at radius 3 is 2.55 bits per heavy atom. The minimum Gasteiger partial charge on any atom is -0.497 e. The Balaban J connectivity index is 2.00. The average Bonchev–Trinajstić information content (AvgIpc) is 2.45. The van der Waals surface area contributed by atoms with E-state index in [0.717, 1.165) is 11.3 Å². The number of carbonyl (C=O) groups excluding carboxylic acids is 1. The van der Waals surface area contributed by atoms with Gasteiger partial charge in [-0.3, -0.25) is 4.79 Å². The van der Waals surface area contributed by atoms with Crippen LogP contribution in [0.1, 0.15) is 27.4 Å². The van der Waals surface area contributed by atoms with Gasteiger partial charge in [-0.2, -0.15) is 0 Å². The number of methoxy groups -OCH3 is 1. The van der Waals surface area contributed by atoms with Crippen LogP contribution in [0.3, 0.4) is 0 Å². The van der Waals surface area contributed by atoms with Crippen LogP contribution in [0.4, 0.5) is 0 Å². The van der Waals surface area contributed by atoms with Crippen molar-refractivity contribution in [3.63, 3.8) is 0 Å². The molecule has 5 nitrogen and oxygen atoms in total. The van der Waals surface area contributed by atoms with Gasteiger partial charge in [0.2, 0.25) is 0 Å². The molecule has 1 aromatic carbocycles. The summed E-state index contributed by atoms with van der Waals surface area (Å²) >= 11 is 0. The molecule has 0 fully saturated rings. The first-order chi connectivity index (χ1) is 9.60. The van der Waals surface area contributed by atoms with Crippen molar-refractivity contribution in [1.82, 2.24) is 15.3 Å². The molecule has 5 heteroatoms. The monoisotopic (exact) mass is 271 g/mol. The fourth-order valence-electron chi connectivity index (χ4n) is 1.83. The zero-order chi connectivity index (χ0) is 14.5. The van der Waals surface area contributed by atoms with E-state index < -0.39 is 0 Å². The van der Waals surface area contributed by atoms with Crippen molar-refractivity contribution in [3.8, 4) is 5.75 Å². The molecule has 0 aliphatic heterocycles. The number of rotatable bonds is 4. The molecule has 1 amide bonds. The van der Waals surface area contributed by atoms with Gasteiger partial charge in [-0.05, 0) is 31.5 Å². The molecule has 0 saturated carbocycles. The molecule has 104 valence electrons. The summed E-state index contributed by atoms with van der Waals surface area (Å²) in [6, 6.07) is 7.55. The highest BCUT2D eigenvalue weighted by atomic mass is 16.5. The van der Waals surface area contributed by atoms with Crippen LogP contribution in [0.5, 0.6) is 5.75 Å². The first-order valence-corrected chi connectivity index (χ1v) is 6.31. The number of aryl methyl sites for hydroxylation is 2. The van der Waals surface area contributed by atoms with E-state index in [4.69, 9.17) is 4.74 Å². The van der Waals surface area contributed by atoms with E-state index in [0.29, 0.717) is 23.6 Å². The molecule has 0 unspecified atom stereocenters. The number of ether oxygens (including phenoxy) is 1. The van der Waals surface area contributed by atoms with Gasteiger partial charge >= 0.3 is 0 Å². The molecule has 0 atom stereocenters. The quantitative estimate of drug-likeness (QED) is 0.924. The van der Waals surface area contributed by atoms with Crippen molar-refractivity contribution >= 4 is 5.91 Å². The molecular formula is C15H17N3O2. The lowest BCUT2D eigenvalue weighted by Gasteiger charge is -2.08. The largest absolute Gasteiger partial charge is 0.497 e. The van der Waals surface area contributed by atoms with Crippen LogP contribution < -0.4 is 10.1 Å². The smallest absolute Gasteiger partial charge is 0.254 e. The van der Waals surface area contributed by atoms with Gasteiger partial charge in [0.15, 0.2) is 0 Å². The summed E-state index contributed by atoms with van der Waals surface area (Å²) in [5, 5.41) is 2.85. The van der Waals surface area contributed by atoms with Crippen LogP contribution in [0, 0.1) is 13.8 Å². The highest BCUT2D eigenvalue weighted by Crippen LogP contribution is 2.11. The molecule has 0 aliphatic rings. The highest BCUT2D eigenvalue weighted by molar-refractivity contribution is 5.94. The maximum Gasteiger partial charge on any atom is 0.254 e. The first-order valence-electron chi connectivity index (χ1n) is 6.31. The van der Waals surface area contributed by atoms with Gasteiger partial charge < -0.3 is 10.1 Å². The highest BCUT2D eigenvalue weighted by Gasteiger charge is 2.10. The second kappa shape index (κ2) is 6.14. The number of amides is 1. The van der Waals surface area contributed by atoms with E-state index in [1.54, 1.807) is 27.2 Å². The van der Waals surface area contributed by atoms with Crippen molar-refractivity contribution in [3.05, 3.63) is 53.1 Å². The van der Waals surface area contributed by atoms with Crippen molar-refractivity contribution in [2.24, 2.45) is 0 Å².